The molecule has 6 heteroatoms. The molecule has 2 fully saturated rings. The Labute approximate surface area is 163 Å². The summed E-state index contributed by atoms with van der Waals surface area (Å²) in [6.45, 7) is 5.98. The molecule has 0 aromatic heterocycles. The standard InChI is InChI=1S/C21H32N2O3S/c1-17-5-4-12-23(14-17)15-19-10-8-18(9-11-19)13-22-21(24)16-27(25,26)20-6-2-3-7-20/h8-11,17,20H,2-7,12-16H2,1H3,(H,22,24). The van der Waals surface area contributed by atoms with Gasteiger partial charge in [-0.25, -0.2) is 8.42 Å². The number of hydrogen-bond donors (Lipinski definition) is 1. The second-order valence-corrected chi connectivity index (χ2v) is 10.6. The molecule has 1 aromatic carbocycles. The van der Waals surface area contributed by atoms with Crippen LogP contribution in [-0.4, -0.2) is 43.3 Å². The maximum Gasteiger partial charge on any atom is 0.235 e. The maximum atomic E-state index is 12.2. The Morgan fingerprint density at radius 3 is 2.41 bits per heavy atom. The largest absolute Gasteiger partial charge is 0.351 e. The lowest BCUT2D eigenvalue weighted by atomic mass is 9.99. The first-order valence-corrected chi connectivity index (χ1v) is 11.9. The first-order chi connectivity index (χ1) is 12.9. The molecule has 1 aromatic rings. The van der Waals surface area contributed by atoms with Crippen LogP contribution in [0.2, 0.25) is 0 Å². The van der Waals surface area contributed by atoms with E-state index in [-0.39, 0.29) is 11.0 Å². The molecule has 1 unspecified atom stereocenters. The van der Waals surface area contributed by atoms with Crippen molar-refractivity contribution < 1.29 is 13.2 Å². The average Bonchev–Trinajstić information content (AvgIpc) is 3.17. The van der Waals surface area contributed by atoms with Gasteiger partial charge in [0.15, 0.2) is 9.84 Å². The summed E-state index contributed by atoms with van der Waals surface area (Å²) in [7, 11) is -3.31. The van der Waals surface area contributed by atoms with Crippen molar-refractivity contribution in [2.45, 2.75) is 63.8 Å². The van der Waals surface area contributed by atoms with Gasteiger partial charge in [0.25, 0.3) is 0 Å². The number of likely N-dealkylation sites (tertiary alicyclic amines) is 1. The fourth-order valence-corrected chi connectivity index (χ4v) is 6.01. The van der Waals surface area contributed by atoms with Gasteiger partial charge in [0, 0.05) is 19.6 Å². The zero-order valence-corrected chi connectivity index (χ0v) is 17.1. The van der Waals surface area contributed by atoms with Crippen LogP contribution in [0.3, 0.4) is 0 Å². The van der Waals surface area contributed by atoms with E-state index in [1.165, 1.54) is 18.4 Å². The lowest BCUT2D eigenvalue weighted by Gasteiger charge is -2.30. The summed E-state index contributed by atoms with van der Waals surface area (Å²) in [6.07, 6.45) is 5.91. The van der Waals surface area contributed by atoms with Gasteiger partial charge in [0.1, 0.15) is 5.75 Å². The Hall–Kier alpha value is -1.40. The van der Waals surface area contributed by atoms with E-state index in [1.807, 2.05) is 12.1 Å². The summed E-state index contributed by atoms with van der Waals surface area (Å²) in [5.41, 5.74) is 2.28. The van der Waals surface area contributed by atoms with Gasteiger partial charge >= 0.3 is 0 Å². The molecule has 27 heavy (non-hydrogen) atoms. The van der Waals surface area contributed by atoms with Gasteiger partial charge in [-0.15, -0.1) is 0 Å². The first kappa shape index (κ1) is 20.3. The molecule has 1 saturated carbocycles. The second-order valence-electron chi connectivity index (χ2n) is 8.29. The molecule has 3 rings (SSSR count). The van der Waals surface area contributed by atoms with Crippen LogP contribution in [0, 0.1) is 5.92 Å². The molecule has 1 atom stereocenters. The van der Waals surface area contributed by atoms with Crippen molar-refractivity contribution in [1.82, 2.24) is 10.2 Å². The van der Waals surface area contributed by atoms with Crippen LogP contribution in [0.25, 0.3) is 0 Å². The van der Waals surface area contributed by atoms with Crippen LogP contribution in [-0.2, 0) is 27.7 Å². The Balaban J connectivity index is 1.44. The van der Waals surface area contributed by atoms with Crippen molar-refractivity contribution in [3.63, 3.8) is 0 Å². The summed E-state index contributed by atoms with van der Waals surface area (Å²) >= 11 is 0. The number of nitrogens with zero attached hydrogens (tertiary/aromatic N) is 1. The van der Waals surface area contributed by atoms with Gasteiger partial charge < -0.3 is 5.32 Å². The van der Waals surface area contributed by atoms with Crippen molar-refractivity contribution in [3.8, 4) is 0 Å². The highest BCUT2D eigenvalue weighted by Crippen LogP contribution is 2.25. The van der Waals surface area contributed by atoms with E-state index in [1.54, 1.807) is 0 Å². The summed E-state index contributed by atoms with van der Waals surface area (Å²) < 4.78 is 24.5. The SMILES string of the molecule is CC1CCCN(Cc2ccc(CNC(=O)CS(=O)(=O)C3CCCC3)cc2)C1. The van der Waals surface area contributed by atoms with Gasteiger partial charge in [0.2, 0.25) is 5.91 Å². The van der Waals surface area contributed by atoms with Crippen LogP contribution in [0.1, 0.15) is 56.6 Å². The highest BCUT2D eigenvalue weighted by atomic mass is 32.2. The topological polar surface area (TPSA) is 66.5 Å². The number of carbonyl (C=O) groups is 1. The van der Waals surface area contributed by atoms with Crippen LogP contribution >= 0.6 is 0 Å². The minimum absolute atomic E-state index is 0.319. The normalized spacial score (nSPS) is 22.0. The van der Waals surface area contributed by atoms with Crippen LogP contribution < -0.4 is 5.32 Å². The third-order valence-electron chi connectivity index (χ3n) is 5.80. The Kier molecular flexibility index (Phi) is 6.93. The third kappa shape index (κ3) is 6.04. The molecule has 0 radical (unpaired) electrons. The Morgan fingerprint density at radius 1 is 1.07 bits per heavy atom. The molecule has 1 amide bonds. The number of hydrogen-bond acceptors (Lipinski definition) is 4. The first-order valence-electron chi connectivity index (χ1n) is 10.2. The molecule has 0 spiro atoms. The average molecular weight is 393 g/mol. The van der Waals surface area contributed by atoms with E-state index in [0.29, 0.717) is 19.4 Å². The quantitative estimate of drug-likeness (QED) is 0.775. The second kappa shape index (κ2) is 9.20. The number of sulfone groups is 1. The highest BCUT2D eigenvalue weighted by molar-refractivity contribution is 7.92. The van der Waals surface area contributed by atoms with Crippen molar-refractivity contribution in [1.29, 1.82) is 0 Å². The van der Waals surface area contributed by atoms with Gasteiger partial charge in [-0.3, -0.25) is 9.69 Å². The number of piperidine rings is 1. The summed E-state index contributed by atoms with van der Waals surface area (Å²) in [5, 5.41) is 2.44. The summed E-state index contributed by atoms with van der Waals surface area (Å²) in [5.74, 6) is -0.00914. The predicted molar refractivity (Wildman–Crippen MR) is 108 cm³/mol. The van der Waals surface area contributed by atoms with Gasteiger partial charge in [-0.1, -0.05) is 44.0 Å². The molecule has 0 bridgehead atoms. The van der Waals surface area contributed by atoms with Crippen LogP contribution in [0.4, 0.5) is 0 Å². The molecule has 1 aliphatic heterocycles. The van der Waals surface area contributed by atoms with E-state index >= 15 is 0 Å². The number of nitrogens with one attached hydrogen (secondary N) is 1. The van der Waals surface area contributed by atoms with Crippen molar-refractivity contribution in [3.05, 3.63) is 35.4 Å². The van der Waals surface area contributed by atoms with Crippen LogP contribution in [0.15, 0.2) is 24.3 Å². The Morgan fingerprint density at radius 2 is 1.74 bits per heavy atom. The smallest absolute Gasteiger partial charge is 0.235 e. The fraction of sp³-hybridized carbons (Fsp3) is 0.667. The summed E-state index contributed by atoms with van der Waals surface area (Å²) in [6, 6.07) is 8.26. The van der Waals surface area contributed by atoms with E-state index in [4.69, 9.17) is 0 Å². The molecular weight excluding hydrogens is 360 g/mol. The number of amides is 1. The minimum Gasteiger partial charge on any atom is -0.351 e. The lowest BCUT2D eigenvalue weighted by molar-refractivity contribution is -0.118. The fourth-order valence-electron chi connectivity index (χ4n) is 4.25. The van der Waals surface area contributed by atoms with Gasteiger partial charge in [0.05, 0.1) is 5.25 Å². The van der Waals surface area contributed by atoms with Gasteiger partial charge in [-0.05, 0) is 49.3 Å². The highest BCUT2D eigenvalue weighted by Gasteiger charge is 2.30. The molecule has 2 aliphatic rings. The zero-order chi connectivity index (χ0) is 19.3. The van der Waals surface area contributed by atoms with Crippen molar-refractivity contribution >= 4 is 15.7 Å². The number of carbonyl (C=O) groups excluding carboxylic acids is 1. The van der Waals surface area contributed by atoms with Crippen molar-refractivity contribution in [2.24, 2.45) is 5.92 Å². The predicted octanol–water partition coefficient (Wildman–Crippen LogP) is 2.89. The molecule has 1 aliphatic carbocycles. The molecule has 150 valence electrons. The molecular formula is C21H32N2O3S. The monoisotopic (exact) mass is 392 g/mol. The third-order valence-corrected chi connectivity index (χ3v) is 7.95. The number of benzene rings is 1. The maximum absolute atomic E-state index is 12.2. The van der Waals surface area contributed by atoms with E-state index in [2.05, 4.69) is 29.3 Å². The Bertz CT molecular complexity index is 724. The van der Waals surface area contributed by atoms with E-state index < -0.39 is 15.7 Å². The lowest BCUT2D eigenvalue weighted by Crippen LogP contribution is -2.34. The minimum atomic E-state index is -3.31. The molecule has 1 N–H and O–H groups in total. The number of rotatable bonds is 7. The van der Waals surface area contributed by atoms with E-state index in [9.17, 15) is 13.2 Å². The van der Waals surface area contributed by atoms with Crippen molar-refractivity contribution in [2.75, 3.05) is 18.8 Å². The van der Waals surface area contributed by atoms with E-state index in [0.717, 1.165) is 44.0 Å². The molecule has 1 heterocycles. The molecule has 5 nitrogen and oxygen atoms in total. The van der Waals surface area contributed by atoms with Crippen LogP contribution in [0.5, 0.6) is 0 Å². The summed E-state index contributed by atoms with van der Waals surface area (Å²) in [4.78, 5) is 14.6. The zero-order valence-electron chi connectivity index (χ0n) is 16.3. The molecule has 1 saturated heterocycles. The van der Waals surface area contributed by atoms with Gasteiger partial charge in [-0.2, -0.15) is 0 Å².